The summed E-state index contributed by atoms with van der Waals surface area (Å²) in [6.07, 6.45) is -3.95. The number of benzene rings is 2. The lowest BCUT2D eigenvalue weighted by molar-refractivity contribution is -0.274. The Kier molecular flexibility index (Phi) is 6.00. The second-order valence-corrected chi connectivity index (χ2v) is 10.5. The van der Waals surface area contributed by atoms with E-state index >= 15 is 0 Å². The van der Waals surface area contributed by atoms with Crippen molar-refractivity contribution in [3.05, 3.63) is 47.0 Å². The van der Waals surface area contributed by atoms with Gasteiger partial charge in [0.05, 0.1) is 0 Å². The summed E-state index contributed by atoms with van der Waals surface area (Å²) in [6.45, 7) is 9.66. The number of alkyl halides is 3. The zero-order chi connectivity index (χ0) is 25.2. The smallest absolute Gasteiger partial charge is 0.405 e. The Bertz CT molecular complexity index is 1170. The van der Waals surface area contributed by atoms with Crippen LogP contribution in [0.5, 0.6) is 5.75 Å². The van der Waals surface area contributed by atoms with Gasteiger partial charge in [0.2, 0.25) is 11.1 Å². The maximum absolute atomic E-state index is 13.2. The highest BCUT2D eigenvalue weighted by Gasteiger charge is 2.44. The minimum absolute atomic E-state index is 0.0238. The van der Waals surface area contributed by atoms with Crippen molar-refractivity contribution in [2.24, 2.45) is 5.92 Å². The van der Waals surface area contributed by atoms with Crippen molar-refractivity contribution in [3.63, 3.8) is 0 Å². The zero-order valence-electron chi connectivity index (χ0n) is 19.7. The summed E-state index contributed by atoms with van der Waals surface area (Å²) >= 11 is 5.64. The summed E-state index contributed by atoms with van der Waals surface area (Å²) in [5.74, 6) is -0.812. The predicted octanol–water partition coefficient (Wildman–Crippen LogP) is 6.85. The van der Waals surface area contributed by atoms with E-state index in [0.29, 0.717) is 24.1 Å². The van der Waals surface area contributed by atoms with Gasteiger partial charge >= 0.3 is 6.36 Å². The third-order valence-corrected chi connectivity index (χ3v) is 7.02. The SMILES string of the molecule is Cc1cc2c(cc1-c1cc(C3CC3C(=O)Cl)ccc1OC(F)(F)F)N(C(C)C)C(=O)CC2(C)C. The van der Waals surface area contributed by atoms with Gasteiger partial charge in [-0.05, 0) is 85.2 Å². The third-order valence-electron chi connectivity index (χ3n) is 6.74. The molecule has 4 nitrogen and oxygen atoms in total. The second-order valence-electron chi connectivity index (χ2n) is 10.2. The van der Waals surface area contributed by atoms with Crippen LogP contribution in [0.1, 0.15) is 63.1 Å². The molecule has 0 radical (unpaired) electrons. The van der Waals surface area contributed by atoms with Gasteiger partial charge in [-0.1, -0.05) is 26.0 Å². The molecule has 1 heterocycles. The molecule has 34 heavy (non-hydrogen) atoms. The lowest BCUT2D eigenvalue weighted by Crippen LogP contribution is -2.45. The van der Waals surface area contributed by atoms with Crippen LogP contribution in [-0.2, 0) is 15.0 Å². The summed E-state index contributed by atoms with van der Waals surface area (Å²) in [5, 5.41) is -0.444. The Morgan fingerprint density at radius 1 is 1.18 bits per heavy atom. The fourth-order valence-corrected chi connectivity index (χ4v) is 5.24. The molecule has 4 rings (SSSR count). The molecular formula is C26H27ClF3NO3. The quantitative estimate of drug-likeness (QED) is 0.428. The number of fused-ring (bicyclic) bond motifs is 1. The number of carbonyl (C=O) groups excluding carboxylic acids is 2. The topological polar surface area (TPSA) is 46.6 Å². The van der Waals surface area contributed by atoms with Crippen LogP contribution in [0.4, 0.5) is 18.9 Å². The van der Waals surface area contributed by atoms with Gasteiger partial charge in [0.1, 0.15) is 5.75 Å². The molecule has 0 N–H and O–H groups in total. The lowest BCUT2D eigenvalue weighted by atomic mass is 9.75. The third kappa shape index (κ3) is 4.54. The molecule has 2 atom stereocenters. The average molecular weight is 494 g/mol. The Hall–Kier alpha value is -2.54. The number of amides is 1. The van der Waals surface area contributed by atoms with Gasteiger partial charge in [-0.15, -0.1) is 13.2 Å². The molecule has 2 aromatic rings. The summed E-state index contributed by atoms with van der Waals surface area (Å²) < 4.78 is 44.1. The molecule has 0 bridgehead atoms. The van der Waals surface area contributed by atoms with Crippen LogP contribution in [0.25, 0.3) is 11.1 Å². The van der Waals surface area contributed by atoms with Crippen LogP contribution in [-0.4, -0.2) is 23.6 Å². The molecule has 2 aromatic carbocycles. The molecule has 182 valence electrons. The van der Waals surface area contributed by atoms with E-state index in [1.807, 2.05) is 40.7 Å². The van der Waals surface area contributed by atoms with Gasteiger partial charge in [0.25, 0.3) is 0 Å². The van der Waals surface area contributed by atoms with E-state index < -0.39 is 17.0 Å². The first-order valence-electron chi connectivity index (χ1n) is 11.3. The molecule has 0 aromatic heterocycles. The average Bonchev–Trinajstić information content (AvgIpc) is 3.48. The first-order chi connectivity index (χ1) is 15.7. The second kappa shape index (κ2) is 8.29. The lowest BCUT2D eigenvalue weighted by Gasteiger charge is -2.41. The van der Waals surface area contributed by atoms with Crippen molar-refractivity contribution in [1.29, 1.82) is 0 Å². The highest BCUT2D eigenvalue weighted by Crippen LogP contribution is 2.51. The molecule has 1 fully saturated rings. The van der Waals surface area contributed by atoms with E-state index in [1.54, 1.807) is 23.1 Å². The van der Waals surface area contributed by atoms with Crippen LogP contribution in [0.15, 0.2) is 30.3 Å². The van der Waals surface area contributed by atoms with E-state index in [-0.39, 0.29) is 35.1 Å². The van der Waals surface area contributed by atoms with Gasteiger partial charge in [-0.3, -0.25) is 9.59 Å². The minimum atomic E-state index is -4.87. The first kappa shape index (κ1) is 24.6. The Morgan fingerprint density at radius 2 is 1.85 bits per heavy atom. The van der Waals surface area contributed by atoms with E-state index in [4.69, 9.17) is 11.6 Å². The number of aryl methyl sites for hydroxylation is 1. The van der Waals surface area contributed by atoms with Crippen molar-refractivity contribution in [2.75, 3.05) is 4.90 Å². The Labute approximate surface area is 202 Å². The van der Waals surface area contributed by atoms with Crippen molar-refractivity contribution in [1.82, 2.24) is 0 Å². The van der Waals surface area contributed by atoms with Crippen LogP contribution >= 0.6 is 11.6 Å². The minimum Gasteiger partial charge on any atom is -0.405 e. The van der Waals surface area contributed by atoms with Crippen molar-refractivity contribution >= 4 is 28.4 Å². The summed E-state index contributed by atoms with van der Waals surface area (Å²) in [7, 11) is 0. The number of rotatable bonds is 5. The monoisotopic (exact) mass is 493 g/mol. The molecule has 1 amide bonds. The summed E-state index contributed by atoms with van der Waals surface area (Å²) in [5.41, 5.74) is 3.59. The Balaban J connectivity index is 1.91. The molecule has 0 spiro atoms. The number of halogens is 4. The van der Waals surface area contributed by atoms with Crippen molar-refractivity contribution in [3.8, 4) is 16.9 Å². The zero-order valence-corrected chi connectivity index (χ0v) is 20.5. The maximum Gasteiger partial charge on any atom is 0.573 e. The molecule has 2 unspecified atom stereocenters. The largest absolute Gasteiger partial charge is 0.573 e. The molecule has 1 saturated carbocycles. The maximum atomic E-state index is 13.2. The molecular weight excluding hydrogens is 467 g/mol. The van der Waals surface area contributed by atoms with E-state index in [9.17, 15) is 22.8 Å². The van der Waals surface area contributed by atoms with Gasteiger partial charge in [-0.2, -0.15) is 0 Å². The van der Waals surface area contributed by atoms with Crippen LogP contribution in [0, 0.1) is 12.8 Å². The molecule has 1 aliphatic carbocycles. The highest BCUT2D eigenvalue weighted by molar-refractivity contribution is 6.64. The highest BCUT2D eigenvalue weighted by atomic mass is 35.5. The normalized spacial score (nSPS) is 21.5. The van der Waals surface area contributed by atoms with E-state index in [2.05, 4.69) is 4.74 Å². The van der Waals surface area contributed by atoms with Crippen LogP contribution < -0.4 is 9.64 Å². The number of hydrogen-bond acceptors (Lipinski definition) is 3. The van der Waals surface area contributed by atoms with Gasteiger partial charge in [0.15, 0.2) is 0 Å². The van der Waals surface area contributed by atoms with E-state index in [0.717, 1.165) is 16.7 Å². The molecule has 1 aliphatic heterocycles. The van der Waals surface area contributed by atoms with Crippen molar-refractivity contribution in [2.45, 2.75) is 71.2 Å². The van der Waals surface area contributed by atoms with Gasteiger partial charge in [-0.25, -0.2) is 0 Å². The number of hydrogen-bond donors (Lipinski definition) is 0. The summed E-state index contributed by atoms with van der Waals surface area (Å²) in [6, 6.07) is 8.13. The van der Waals surface area contributed by atoms with E-state index in [1.165, 1.54) is 6.07 Å². The molecule has 0 saturated heterocycles. The Morgan fingerprint density at radius 3 is 2.41 bits per heavy atom. The predicted molar refractivity (Wildman–Crippen MR) is 125 cm³/mol. The number of anilines is 1. The van der Waals surface area contributed by atoms with Crippen LogP contribution in [0.2, 0.25) is 0 Å². The van der Waals surface area contributed by atoms with Crippen molar-refractivity contribution < 1.29 is 27.5 Å². The van der Waals surface area contributed by atoms with Crippen LogP contribution in [0.3, 0.4) is 0 Å². The standard InChI is InChI=1S/C26H27ClF3NO3/c1-13(2)31-21-11-16(14(3)8-20(21)25(4,5)12-23(31)32)18-9-15(17-10-19(17)24(27)33)6-7-22(18)34-26(28,29)30/h6-9,11,13,17,19H,10,12H2,1-5H3. The summed E-state index contributed by atoms with van der Waals surface area (Å²) in [4.78, 5) is 26.2. The first-order valence-corrected chi connectivity index (χ1v) is 11.6. The van der Waals surface area contributed by atoms with Gasteiger partial charge in [0, 0.05) is 35.0 Å². The number of carbonyl (C=O) groups is 2. The fourth-order valence-electron chi connectivity index (χ4n) is 5.00. The number of nitrogens with zero attached hydrogens (tertiary/aromatic N) is 1. The molecule has 2 aliphatic rings. The number of ether oxygens (including phenoxy) is 1. The van der Waals surface area contributed by atoms with Gasteiger partial charge < -0.3 is 9.64 Å². The fraction of sp³-hybridized carbons (Fsp3) is 0.462. The molecule has 8 heteroatoms.